The molecule has 0 saturated heterocycles. The lowest BCUT2D eigenvalue weighted by Gasteiger charge is -2.15. The molecule has 0 aliphatic heterocycles. The highest BCUT2D eigenvalue weighted by molar-refractivity contribution is 6.35. The zero-order valence-corrected chi connectivity index (χ0v) is 19.8. The molecule has 3 aromatic rings. The summed E-state index contributed by atoms with van der Waals surface area (Å²) in [5.41, 5.74) is 5.35. The molecule has 1 amide bonds. The minimum Gasteiger partial charge on any atom is -0.490 e. The first-order chi connectivity index (χ1) is 15.4. The van der Waals surface area contributed by atoms with Crippen LogP contribution in [0.3, 0.4) is 0 Å². The van der Waals surface area contributed by atoms with Crippen molar-refractivity contribution < 1.29 is 14.3 Å². The minimum atomic E-state index is -0.296. The van der Waals surface area contributed by atoms with Crippen molar-refractivity contribution in [3.8, 4) is 11.5 Å². The van der Waals surface area contributed by atoms with Gasteiger partial charge in [0.25, 0.3) is 5.91 Å². The SMILES string of the molecule is CCOc1cc(/C=N/NC(=O)c2ccccc2C)cc(Cl)c1OCc1ccc(Cl)cc1Cl. The van der Waals surface area contributed by atoms with Crippen molar-refractivity contribution in [2.24, 2.45) is 5.10 Å². The van der Waals surface area contributed by atoms with Crippen LogP contribution in [0.4, 0.5) is 0 Å². The molecule has 0 spiro atoms. The van der Waals surface area contributed by atoms with E-state index < -0.39 is 0 Å². The van der Waals surface area contributed by atoms with Gasteiger partial charge in [-0.1, -0.05) is 59.1 Å². The van der Waals surface area contributed by atoms with Crippen LogP contribution in [0.5, 0.6) is 11.5 Å². The lowest BCUT2D eigenvalue weighted by molar-refractivity contribution is 0.0954. The van der Waals surface area contributed by atoms with Gasteiger partial charge in [-0.15, -0.1) is 0 Å². The van der Waals surface area contributed by atoms with Gasteiger partial charge in [-0.2, -0.15) is 5.10 Å². The average molecular weight is 492 g/mol. The van der Waals surface area contributed by atoms with Crippen LogP contribution in [0.25, 0.3) is 0 Å². The highest BCUT2D eigenvalue weighted by Gasteiger charge is 2.14. The monoisotopic (exact) mass is 490 g/mol. The van der Waals surface area contributed by atoms with Crippen molar-refractivity contribution in [3.05, 3.63) is 91.9 Å². The van der Waals surface area contributed by atoms with Crippen LogP contribution in [0.1, 0.15) is 34.0 Å². The molecule has 3 rings (SSSR count). The number of benzene rings is 3. The number of hydrogen-bond acceptors (Lipinski definition) is 4. The standard InChI is InChI=1S/C24H21Cl3N2O3/c1-3-31-22-11-16(13-28-29-24(30)19-7-5-4-6-15(19)2)10-21(27)23(22)32-14-17-8-9-18(25)12-20(17)26/h4-13H,3,14H2,1-2H3,(H,29,30)/b28-13+. The Hall–Kier alpha value is -2.73. The molecule has 0 fully saturated rings. The van der Waals surface area contributed by atoms with Crippen molar-refractivity contribution in [2.45, 2.75) is 20.5 Å². The number of halogens is 3. The Morgan fingerprint density at radius 2 is 1.81 bits per heavy atom. The number of carbonyl (C=O) groups excluding carboxylic acids is 1. The van der Waals surface area contributed by atoms with E-state index in [2.05, 4.69) is 10.5 Å². The van der Waals surface area contributed by atoms with E-state index in [0.717, 1.165) is 11.1 Å². The number of rotatable bonds is 8. The third-order valence-corrected chi connectivity index (χ3v) is 5.36. The molecule has 0 unspecified atom stereocenters. The van der Waals surface area contributed by atoms with Crippen LogP contribution in [-0.2, 0) is 6.61 Å². The van der Waals surface area contributed by atoms with E-state index in [1.165, 1.54) is 6.21 Å². The van der Waals surface area contributed by atoms with Crippen molar-refractivity contribution in [1.82, 2.24) is 5.43 Å². The first kappa shape index (κ1) is 23.9. The Bertz CT molecular complexity index is 1150. The maximum absolute atomic E-state index is 12.3. The molecule has 8 heteroatoms. The van der Waals surface area contributed by atoms with Crippen LogP contribution in [0, 0.1) is 6.92 Å². The Labute approximate surface area is 201 Å². The van der Waals surface area contributed by atoms with Gasteiger partial charge in [0.1, 0.15) is 6.61 Å². The Morgan fingerprint density at radius 3 is 2.53 bits per heavy atom. The maximum atomic E-state index is 12.3. The number of amides is 1. The van der Waals surface area contributed by atoms with Crippen LogP contribution in [-0.4, -0.2) is 18.7 Å². The lowest BCUT2D eigenvalue weighted by Crippen LogP contribution is -2.18. The fourth-order valence-corrected chi connectivity index (χ4v) is 3.64. The summed E-state index contributed by atoms with van der Waals surface area (Å²) in [6.45, 7) is 4.33. The Morgan fingerprint density at radius 1 is 1.03 bits per heavy atom. The summed E-state index contributed by atoms with van der Waals surface area (Å²) in [5, 5.41) is 5.42. The van der Waals surface area contributed by atoms with E-state index in [0.29, 0.717) is 44.3 Å². The predicted octanol–water partition coefficient (Wildman–Crippen LogP) is 6.70. The third kappa shape index (κ3) is 6.16. The highest BCUT2D eigenvalue weighted by atomic mass is 35.5. The predicted molar refractivity (Wildman–Crippen MR) is 130 cm³/mol. The largest absolute Gasteiger partial charge is 0.490 e. The topological polar surface area (TPSA) is 59.9 Å². The van der Waals surface area contributed by atoms with Gasteiger partial charge in [0.05, 0.1) is 17.8 Å². The normalized spacial score (nSPS) is 10.9. The van der Waals surface area contributed by atoms with E-state index in [1.54, 1.807) is 42.5 Å². The molecule has 1 N–H and O–H groups in total. The minimum absolute atomic E-state index is 0.190. The van der Waals surface area contributed by atoms with Crippen molar-refractivity contribution in [2.75, 3.05) is 6.61 Å². The number of aryl methyl sites for hydroxylation is 1. The molecule has 0 aliphatic rings. The fraction of sp³-hybridized carbons (Fsp3) is 0.167. The number of nitrogens with one attached hydrogen (secondary N) is 1. The van der Waals surface area contributed by atoms with Gasteiger partial charge in [0.2, 0.25) is 0 Å². The van der Waals surface area contributed by atoms with E-state index in [4.69, 9.17) is 44.3 Å². The van der Waals surface area contributed by atoms with Crippen molar-refractivity contribution in [3.63, 3.8) is 0 Å². The molecule has 0 aliphatic carbocycles. The molecule has 0 aromatic heterocycles. The van der Waals surface area contributed by atoms with Crippen LogP contribution >= 0.6 is 34.8 Å². The second-order valence-corrected chi connectivity index (χ2v) is 8.05. The molecule has 32 heavy (non-hydrogen) atoms. The lowest BCUT2D eigenvalue weighted by atomic mass is 10.1. The molecule has 3 aromatic carbocycles. The van der Waals surface area contributed by atoms with Gasteiger partial charge in [0, 0.05) is 21.2 Å². The molecule has 0 saturated carbocycles. The quantitative estimate of drug-likeness (QED) is 0.282. The molecule has 0 heterocycles. The molecule has 166 valence electrons. The van der Waals surface area contributed by atoms with Gasteiger partial charge in [-0.3, -0.25) is 4.79 Å². The second kappa shape index (κ2) is 11.2. The second-order valence-electron chi connectivity index (χ2n) is 6.80. The zero-order chi connectivity index (χ0) is 23.1. The molecule has 0 bridgehead atoms. The van der Waals surface area contributed by atoms with Gasteiger partial charge < -0.3 is 9.47 Å². The smallest absolute Gasteiger partial charge is 0.271 e. The molecular weight excluding hydrogens is 471 g/mol. The van der Waals surface area contributed by atoms with E-state index in [9.17, 15) is 4.79 Å². The van der Waals surface area contributed by atoms with Gasteiger partial charge in [-0.05, 0) is 55.3 Å². The number of hydrazone groups is 1. The summed E-state index contributed by atoms with van der Waals surface area (Å²) in [6.07, 6.45) is 1.49. The fourth-order valence-electron chi connectivity index (χ4n) is 2.91. The molecule has 5 nitrogen and oxygen atoms in total. The van der Waals surface area contributed by atoms with Crippen LogP contribution in [0.15, 0.2) is 59.7 Å². The molecule has 0 atom stereocenters. The number of ether oxygens (including phenoxy) is 2. The van der Waals surface area contributed by atoms with Crippen LogP contribution in [0.2, 0.25) is 15.1 Å². The first-order valence-corrected chi connectivity index (χ1v) is 10.9. The summed E-state index contributed by atoms with van der Waals surface area (Å²) in [7, 11) is 0. The number of nitrogens with zero attached hydrogens (tertiary/aromatic N) is 1. The van der Waals surface area contributed by atoms with E-state index in [1.807, 2.05) is 26.0 Å². The summed E-state index contributed by atoms with van der Waals surface area (Å²) in [6, 6.07) is 15.9. The maximum Gasteiger partial charge on any atom is 0.271 e. The molecular formula is C24H21Cl3N2O3. The van der Waals surface area contributed by atoms with Crippen LogP contribution < -0.4 is 14.9 Å². The zero-order valence-electron chi connectivity index (χ0n) is 17.5. The summed E-state index contributed by atoms with van der Waals surface area (Å²) >= 11 is 18.6. The summed E-state index contributed by atoms with van der Waals surface area (Å²) < 4.78 is 11.6. The van der Waals surface area contributed by atoms with Gasteiger partial charge >= 0.3 is 0 Å². The summed E-state index contributed by atoms with van der Waals surface area (Å²) in [4.78, 5) is 12.3. The van der Waals surface area contributed by atoms with Gasteiger partial charge in [0.15, 0.2) is 11.5 Å². The van der Waals surface area contributed by atoms with Gasteiger partial charge in [-0.25, -0.2) is 5.43 Å². The first-order valence-electron chi connectivity index (χ1n) is 9.81. The average Bonchev–Trinajstić information content (AvgIpc) is 2.75. The molecule has 0 radical (unpaired) electrons. The Balaban J connectivity index is 1.75. The summed E-state index contributed by atoms with van der Waals surface area (Å²) in [5.74, 6) is 0.549. The number of carbonyl (C=O) groups is 1. The third-order valence-electron chi connectivity index (χ3n) is 4.49. The van der Waals surface area contributed by atoms with E-state index in [-0.39, 0.29) is 12.5 Å². The van der Waals surface area contributed by atoms with E-state index >= 15 is 0 Å². The Kier molecular flexibility index (Phi) is 8.39. The van der Waals surface area contributed by atoms with Crippen molar-refractivity contribution >= 4 is 46.9 Å². The van der Waals surface area contributed by atoms with Crippen molar-refractivity contribution in [1.29, 1.82) is 0 Å². The number of hydrogen-bond donors (Lipinski definition) is 1. The highest BCUT2D eigenvalue weighted by Crippen LogP contribution is 2.37.